The normalized spacial score (nSPS) is 13.8. The molecule has 0 aliphatic heterocycles. The van der Waals surface area contributed by atoms with Crippen molar-refractivity contribution in [2.24, 2.45) is 0 Å². The van der Waals surface area contributed by atoms with Gasteiger partial charge in [0.25, 0.3) is 0 Å². The number of benzene rings is 4. The minimum absolute atomic E-state index is 0.213. The van der Waals surface area contributed by atoms with Crippen LogP contribution >= 0.6 is 0 Å². The number of hydrogen-bond donors (Lipinski definition) is 4. The van der Waals surface area contributed by atoms with Gasteiger partial charge < -0.3 is 25.6 Å². The minimum Gasteiger partial charge on any atom is -0.444 e. The molecule has 0 unspecified atom stereocenters. The van der Waals surface area contributed by atoms with Crippen LogP contribution in [0.25, 0.3) is 0 Å². The maximum absolute atomic E-state index is 14.8. The molecule has 0 aliphatic carbocycles. The molecular formula is C51H69N3O4. The van der Waals surface area contributed by atoms with E-state index in [2.05, 4.69) is 124 Å². The molecule has 4 aromatic rings. The maximum atomic E-state index is 14.8. The third-order valence-corrected chi connectivity index (χ3v) is 10.4. The van der Waals surface area contributed by atoms with Crippen molar-refractivity contribution in [3.8, 4) is 0 Å². The van der Waals surface area contributed by atoms with Gasteiger partial charge in [-0.15, -0.1) is 13.2 Å². The van der Waals surface area contributed by atoms with Crippen LogP contribution in [0.3, 0.4) is 0 Å². The van der Waals surface area contributed by atoms with Crippen molar-refractivity contribution in [1.82, 2.24) is 15.5 Å². The standard InChI is InChI=1S/C51H69N3O4/c1-10-16-38-18-12-20-40(26-38)30-46(48(55)34-52-32-42-22-14-24-44(28-42)36(3)4)54(50(57)58-51(7,8)9)47(31-41-21-13-19-39(27-41)17-11-2)49(56)35-53-33-43-23-15-25-45(29-43)37(5)6/h10-15,18-29,36-37,46-49,52-53,55-56H,1-2,16-17,30-35H2,3-9H3/t46-,47-,48+,49+/m0/s1. The van der Waals surface area contributed by atoms with Gasteiger partial charge in [-0.1, -0.05) is 137 Å². The second kappa shape index (κ2) is 22.6. The Bertz CT molecular complexity index is 1770. The van der Waals surface area contributed by atoms with E-state index in [4.69, 9.17) is 4.74 Å². The van der Waals surface area contributed by atoms with E-state index in [1.165, 1.54) is 11.1 Å². The molecule has 0 heterocycles. The zero-order chi connectivity index (χ0) is 42.2. The number of nitrogens with one attached hydrogen (secondary N) is 2. The summed E-state index contributed by atoms with van der Waals surface area (Å²) in [6.45, 7) is 23.6. The third kappa shape index (κ3) is 14.7. The van der Waals surface area contributed by atoms with E-state index in [9.17, 15) is 15.0 Å². The van der Waals surface area contributed by atoms with Gasteiger partial charge in [-0.25, -0.2) is 4.79 Å². The van der Waals surface area contributed by atoms with Crippen molar-refractivity contribution >= 4 is 6.09 Å². The molecule has 0 saturated heterocycles. The number of ether oxygens (including phenoxy) is 1. The van der Waals surface area contributed by atoms with Crippen LogP contribution in [0.5, 0.6) is 0 Å². The molecule has 0 saturated carbocycles. The van der Waals surface area contributed by atoms with Gasteiger partial charge in [-0.2, -0.15) is 0 Å². The number of allylic oxidation sites excluding steroid dienone is 2. The highest BCUT2D eigenvalue weighted by Crippen LogP contribution is 2.26. The first-order valence-corrected chi connectivity index (χ1v) is 21.0. The van der Waals surface area contributed by atoms with E-state index in [1.54, 1.807) is 4.90 Å². The molecule has 0 spiro atoms. The van der Waals surface area contributed by atoms with E-state index >= 15 is 0 Å². The SMILES string of the molecule is C=CCc1cccc(C[C@@H]([C@H](O)CNCc2cccc(C(C)C)c2)N(C(=O)OC(C)(C)C)[C@@H](Cc2cccc(CC=C)c2)[C@H](O)CNCc2cccc(C(C)C)c2)c1. The fraction of sp³-hybridized carbons (Fsp3) is 0.431. The van der Waals surface area contributed by atoms with E-state index in [-0.39, 0.29) is 13.1 Å². The van der Waals surface area contributed by atoms with E-state index in [0.29, 0.717) is 50.6 Å². The lowest BCUT2D eigenvalue weighted by atomic mass is 9.92. The Labute approximate surface area is 349 Å². The fourth-order valence-corrected chi connectivity index (χ4v) is 7.38. The zero-order valence-electron chi connectivity index (χ0n) is 36.1. The Kier molecular flexibility index (Phi) is 18.0. The fourth-order valence-electron chi connectivity index (χ4n) is 7.38. The minimum atomic E-state index is -1.02. The molecule has 0 aliphatic rings. The lowest BCUT2D eigenvalue weighted by Gasteiger charge is -2.43. The average molecular weight is 788 g/mol. The molecule has 4 aromatic carbocycles. The first-order valence-electron chi connectivity index (χ1n) is 21.0. The topological polar surface area (TPSA) is 94.1 Å². The maximum Gasteiger partial charge on any atom is 0.410 e. The molecular weight excluding hydrogens is 719 g/mol. The molecule has 7 nitrogen and oxygen atoms in total. The first kappa shape index (κ1) is 46.2. The quantitative estimate of drug-likeness (QED) is 0.0594. The molecule has 312 valence electrons. The lowest BCUT2D eigenvalue weighted by molar-refractivity contribution is -0.0429. The highest BCUT2D eigenvalue weighted by molar-refractivity contribution is 5.69. The number of nitrogens with zero attached hydrogens (tertiary/aromatic N) is 1. The molecule has 4 rings (SSSR count). The molecule has 0 fully saturated rings. The zero-order valence-corrected chi connectivity index (χ0v) is 36.1. The highest BCUT2D eigenvalue weighted by atomic mass is 16.6. The van der Waals surface area contributed by atoms with E-state index in [0.717, 1.165) is 33.4 Å². The predicted octanol–water partition coefficient (Wildman–Crippen LogP) is 9.45. The molecule has 1 amide bonds. The van der Waals surface area contributed by atoms with Crippen LogP contribution in [0.15, 0.2) is 122 Å². The van der Waals surface area contributed by atoms with Crippen molar-refractivity contribution in [1.29, 1.82) is 0 Å². The van der Waals surface area contributed by atoms with Gasteiger partial charge in [0, 0.05) is 26.2 Å². The summed E-state index contributed by atoms with van der Waals surface area (Å²) in [6.07, 6.45) is 3.19. The number of carbonyl (C=O) groups excluding carboxylic acids is 1. The summed E-state index contributed by atoms with van der Waals surface area (Å²) < 4.78 is 6.18. The Morgan fingerprint density at radius 3 is 1.40 bits per heavy atom. The molecule has 7 heteroatoms. The van der Waals surface area contributed by atoms with Gasteiger partial charge in [-0.3, -0.25) is 4.90 Å². The predicted molar refractivity (Wildman–Crippen MR) is 240 cm³/mol. The van der Waals surface area contributed by atoms with Crippen LogP contribution < -0.4 is 10.6 Å². The second-order valence-electron chi connectivity index (χ2n) is 17.3. The Morgan fingerprint density at radius 2 is 1.02 bits per heavy atom. The van der Waals surface area contributed by atoms with Crippen LogP contribution in [0.2, 0.25) is 0 Å². The number of hydrogen-bond acceptors (Lipinski definition) is 6. The average Bonchev–Trinajstić information content (AvgIpc) is 3.17. The summed E-state index contributed by atoms with van der Waals surface area (Å²) in [7, 11) is 0. The Balaban J connectivity index is 1.77. The molecule has 4 N–H and O–H groups in total. The molecule has 4 atom stereocenters. The van der Waals surface area contributed by atoms with E-state index < -0.39 is 36.0 Å². The highest BCUT2D eigenvalue weighted by Gasteiger charge is 2.40. The molecule has 58 heavy (non-hydrogen) atoms. The van der Waals surface area contributed by atoms with Crippen molar-refractivity contribution in [3.05, 3.63) is 167 Å². The van der Waals surface area contributed by atoms with Crippen molar-refractivity contribution < 1.29 is 19.7 Å². The summed E-state index contributed by atoms with van der Waals surface area (Å²) in [5.41, 5.74) is 8.03. The third-order valence-electron chi connectivity index (χ3n) is 10.4. The van der Waals surface area contributed by atoms with Gasteiger partial charge in [0.2, 0.25) is 0 Å². The van der Waals surface area contributed by atoms with Crippen LogP contribution in [-0.4, -0.2) is 64.2 Å². The number of carbonyl (C=O) groups is 1. The van der Waals surface area contributed by atoms with Crippen LogP contribution in [0.1, 0.15) is 105 Å². The van der Waals surface area contributed by atoms with Crippen LogP contribution in [0.4, 0.5) is 4.79 Å². The van der Waals surface area contributed by atoms with Gasteiger partial charge >= 0.3 is 6.09 Å². The second-order valence-corrected chi connectivity index (χ2v) is 17.3. The Morgan fingerprint density at radius 1 is 0.638 bits per heavy atom. The lowest BCUT2D eigenvalue weighted by Crippen LogP contribution is -2.61. The summed E-state index contributed by atoms with van der Waals surface area (Å²) >= 11 is 0. The number of amides is 1. The van der Waals surface area contributed by atoms with Crippen LogP contribution in [-0.2, 0) is 43.5 Å². The largest absolute Gasteiger partial charge is 0.444 e. The number of rotatable bonds is 22. The van der Waals surface area contributed by atoms with Crippen LogP contribution in [0, 0.1) is 0 Å². The number of aliphatic hydroxyl groups excluding tert-OH is 2. The number of aliphatic hydroxyl groups is 2. The van der Waals surface area contributed by atoms with Gasteiger partial charge in [-0.05, 0) is 103 Å². The monoisotopic (exact) mass is 788 g/mol. The van der Waals surface area contributed by atoms with Crippen molar-refractivity contribution in [2.75, 3.05) is 13.1 Å². The van der Waals surface area contributed by atoms with Gasteiger partial charge in [0.15, 0.2) is 0 Å². The summed E-state index contributed by atoms with van der Waals surface area (Å²) in [4.78, 5) is 16.4. The summed E-state index contributed by atoms with van der Waals surface area (Å²) in [5.74, 6) is 0.796. The smallest absolute Gasteiger partial charge is 0.410 e. The Hall–Kier alpha value is -4.53. The van der Waals surface area contributed by atoms with Crippen molar-refractivity contribution in [2.45, 2.75) is 129 Å². The molecule has 0 bridgehead atoms. The summed E-state index contributed by atoms with van der Waals surface area (Å²) in [5, 5.41) is 31.7. The molecule has 0 aromatic heterocycles. The van der Waals surface area contributed by atoms with Gasteiger partial charge in [0.05, 0.1) is 24.3 Å². The van der Waals surface area contributed by atoms with Gasteiger partial charge in [0.1, 0.15) is 5.60 Å². The summed E-state index contributed by atoms with van der Waals surface area (Å²) in [6, 6.07) is 31.8. The van der Waals surface area contributed by atoms with E-state index in [1.807, 2.05) is 57.2 Å². The van der Waals surface area contributed by atoms with Crippen molar-refractivity contribution in [3.63, 3.8) is 0 Å². The first-order chi connectivity index (χ1) is 27.7. The molecule has 0 radical (unpaired) electrons.